The van der Waals surface area contributed by atoms with Gasteiger partial charge < -0.3 is 19.3 Å². The van der Waals surface area contributed by atoms with Crippen molar-refractivity contribution in [3.63, 3.8) is 0 Å². The van der Waals surface area contributed by atoms with E-state index in [9.17, 15) is 26.3 Å². The van der Waals surface area contributed by atoms with Gasteiger partial charge in [-0.1, -0.05) is 58.0 Å². The van der Waals surface area contributed by atoms with Crippen LogP contribution in [-0.4, -0.2) is 27.8 Å². The van der Waals surface area contributed by atoms with Crippen molar-refractivity contribution < 1.29 is 45.7 Å². The Morgan fingerprint density at radius 1 is 0.561 bits per heavy atom. The van der Waals surface area contributed by atoms with Crippen LogP contribution in [0.5, 0.6) is 28.7 Å². The molecule has 220 valence electrons. The normalized spacial score (nSPS) is 10.9. The smallest absolute Gasteiger partial charge is 0.508 e. The first kappa shape index (κ1) is 34.2. The van der Waals surface area contributed by atoms with E-state index in [0.717, 1.165) is 36.4 Å². The Labute approximate surface area is 252 Å². The highest BCUT2D eigenvalue weighted by molar-refractivity contribution is 6.47. The molecule has 0 aliphatic heterocycles. The molecular formula is C24H13Cl5F6N2O4. The number of aromatic hydroxyl groups is 1. The quantitative estimate of drug-likeness (QED) is 0.170. The fourth-order valence-electron chi connectivity index (χ4n) is 2.36. The van der Waals surface area contributed by atoms with Crippen molar-refractivity contribution in [3.05, 3.63) is 98.4 Å². The molecule has 4 rings (SSSR count). The molecule has 6 nitrogen and oxygen atoms in total. The highest BCUT2D eigenvalue weighted by atomic mass is 35.5. The predicted octanol–water partition coefficient (Wildman–Crippen LogP) is 10.4. The van der Waals surface area contributed by atoms with Crippen LogP contribution in [0.2, 0.25) is 25.4 Å². The van der Waals surface area contributed by atoms with Crippen molar-refractivity contribution in [3.8, 4) is 28.7 Å². The molecule has 1 N–H and O–H groups in total. The Morgan fingerprint density at radius 2 is 0.976 bits per heavy atom. The molecule has 0 aliphatic carbocycles. The summed E-state index contributed by atoms with van der Waals surface area (Å²) >= 11 is 28.2. The number of rotatable bonds is 4. The van der Waals surface area contributed by atoms with Gasteiger partial charge in [0.05, 0.1) is 10.0 Å². The van der Waals surface area contributed by atoms with Crippen molar-refractivity contribution in [1.29, 1.82) is 0 Å². The number of alkyl halides is 6. The molecular weight excluding hydrogens is 672 g/mol. The Kier molecular flexibility index (Phi) is 12.7. The molecule has 0 saturated heterocycles. The molecule has 4 aromatic rings. The molecule has 0 amide bonds. The first-order valence-corrected chi connectivity index (χ1v) is 12.3. The Balaban J connectivity index is 0.000000237. The SMILES string of the molecule is Clc1ccnc(Cl)c1Cl.FC(F)(F)Oc1ccc(Oc2ccnc(Cl)c2Cl)cc1.Oc1ccc(OC(F)(F)F)cc1. The van der Waals surface area contributed by atoms with Crippen LogP contribution in [-0.2, 0) is 0 Å². The van der Waals surface area contributed by atoms with Gasteiger partial charge in [-0.3, -0.25) is 0 Å². The third kappa shape index (κ3) is 13.0. The average Bonchev–Trinajstić information content (AvgIpc) is 2.87. The fourth-order valence-corrected chi connectivity index (χ4v) is 3.13. The Bertz CT molecular complexity index is 1390. The van der Waals surface area contributed by atoms with Crippen molar-refractivity contribution in [2.45, 2.75) is 12.7 Å². The second-order valence-corrected chi connectivity index (χ2v) is 8.85. The number of benzene rings is 2. The van der Waals surface area contributed by atoms with Crippen LogP contribution in [0.1, 0.15) is 0 Å². The lowest BCUT2D eigenvalue weighted by Gasteiger charge is -2.10. The molecule has 0 fully saturated rings. The highest BCUT2D eigenvalue weighted by Gasteiger charge is 2.31. The van der Waals surface area contributed by atoms with E-state index in [1.807, 2.05) is 0 Å². The van der Waals surface area contributed by atoms with Gasteiger partial charge in [-0.05, 0) is 54.6 Å². The Morgan fingerprint density at radius 3 is 1.41 bits per heavy atom. The first-order chi connectivity index (χ1) is 19.0. The minimum atomic E-state index is -4.73. The molecule has 0 bridgehead atoms. The lowest BCUT2D eigenvalue weighted by atomic mass is 10.3. The van der Waals surface area contributed by atoms with Crippen molar-refractivity contribution in [1.82, 2.24) is 9.97 Å². The summed E-state index contributed by atoms with van der Waals surface area (Å²) in [5, 5.41) is 9.88. The maximum Gasteiger partial charge on any atom is 0.573 e. The summed E-state index contributed by atoms with van der Waals surface area (Å²) in [6.07, 6.45) is -6.53. The highest BCUT2D eigenvalue weighted by Crippen LogP contribution is 2.34. The van der Waals surface area contributed by atoms with E-state index >= 15 is 0 Å². The van der Waals surface area contributed by atoms with Crippen molar-refractivity contribution in [2.75, 3.05) is 0 Å². The number of nitrogens with zero attached hydrogens (tertiary/aromatic N) is 2. The van der Waals surface area contributed by atoms with Gasteiger partial charge in [0.25, 0.3) is 0 Å². The van der Waals surface area contributed by atoms with Gasteiger partial charge in [0.1, 0.15) is 33.2 Å². The zero-order valence-electron chi connectivity index (χ0n) is 19.7. The zero-order chi connectivity index (χ0) is 30.8. The molecule has 0 aliphatic rings. The maximum atomic E-state index is 12.0. The van der Waals surface area contributed by atoms with E-state index in [1.165, 1.54) is 30.6 Å². The topological polar surface area (TPSA) is 73.7 Å². The average molecular weight is 685 g/mol. The number of hydrogen-bond acceptors (Lipinski definition) is 6. The third-order valence-electron chi connectivity index (χ3n) is 3.97. The number of hydrogen-bond donors (Lipinski definition) is 1. The van der Waals surface area contributed by atoms with Crippen LogP contribution < -0.4 is 14.2 Å². The maximum absolute atomic E-state index is 12.0. The van der Waals surface area contributed by atoms with E-state index in [-0.39, 0.29) is 44.1 Å². The first-order valence-electron chi connectivity index (χ1n) is 10.4. The van der Waals surface area contributed by atoms with Crippen LogP contribution in [0.15, 0.2) is 73.1 Å². The summed E-state index contributed by atoms with van der Waals surface area (Å²) < 4.78 is 83.3. The molecule has 0 spiro atoms. The number of pyridine rings is 2. The summed E-state index contributed by atoms with van der Waals surface area (Å²) in [6, 6.07) is 12.2. The number of aromatic nitrogens is 2. The van der Waals surface area contributed by atoms with Crippen LogP contribution in [0.25, 0.3) is 0 Å². The van der Waals surface area contributed by atoms with Gasteiger partial charge >= 0.3 is 12.7 Å². The van der Waals surface area contributed by atoms with Crippen LogP contribution >= 0.6 is 58.0 Å². The molecule has 0 saturated carbocycles. The van der Waals surface area contributed by atoms with E-state index in [2.05, 4.69) is 19.4 Å². The van der Waals surface area contributed by atoms with Gasteiger partial charge in [-0.2, -0.15) is 0 Å². The van der Waals surface area contributed by atoms with E-state index < -0.39 is 12.7 Å². The second kappa shape index (κ2) is 15.3. The molecule has 0 atom stereocenters. The standard InChI is InChI=1S/C12H6Cl2F3NO2.C7H5F3O2.C5H2Cl3N/c13-10-9(5-6-18-11(10)14)19-7-1-3-8(4-2-7)20-12(15,16)17;8-7(9,10)12-6-3-1-5(11)2-4-6;6-3-1-2-9-5(8)4(3)7/h1-6H;1-4,11H;1-2H. The molecule has 2 aromatic heterocycles. The van der Waals surface area contributed by atoms with Crippen molar-refractivity contribution in [2.24, 2.45) is 0 Å². The predicted molar refractivity (Wildman–Crippen MR) is 142 cm³/mol. The summed E-state index contributed by atoms with van der Waals surface area (Å²) in [6.45, 7) is 0. The zero-order valence-corrected chi connectivity index (χ0v) is 23.4. The van der Waals surface area contributed by atoms with Crippen LogP contribution in [0, 0.1) is 0 Å². The molecule has 41 heavy (non-hydrogen) atoms. The molecule has 0 unspecified atom stereocenters. The van der Waals surface area contributed by atoms with Gasteiger partial charge in [0, 0.05) is 18.5 Å². The van der Waals surface area contributed by atoms with Crippen LogP contribution in [0.4, 0.5) is 26.3 Å². The van der Waals surface area contributed by atoms with E-state index in [4.69, 9.17) is 67.8 Å². The monoisotopic (exact) mass is 682 g/mol. The Hall–Kier alpha value is -3.03. The van der Waals surface area contributed by atoms with E-state index in [0.29, 0.717) is 10.0 Å². The molecule has 2 heterocycles. The number of ether oxygens (including phenoxy) is 3. The third-order valence-corrected chi connectivity index (χ3v) is 5.89. The largest absolute Gasteiger partial charge is 0.573 e. The fraction of sp³-hybridized carbons (Fsp3) is 0.0833. The van der Waals surface area contributed by atoms with Crippen LogP contribution in [0.3, 0.4) is 0 Å². The summed E-state index contributed by atoms with van der Waals surface area (Å²) in [5.74, 6) is -0.270. The lowest BCUT2D eigenvalue weighted by Crippen LogP contribution is -2.16. The lowest BCUT2D eigenvalue weighted by molar-refractivity contribution is -0.275. The summed E-state index contributed by atoms with van der Waals surface area (Å²) in [4.78, 5) is 7.43. The number of halogens is 11. The summed E-state index contributed by atoms with van der Waals surface area (Å²) in [7, 11) is 0. The van der Waals surface area contributed by atoms with Gasteiger partial charge in [-0.15, -0.1) is 26.3 Å². The van der Waals surface area contributed by atoms with Crippen molar-refractivity contribution >= 4 is 58.0 Å². The minimum Gasteiger partial charge on any atom is -0.508 e. The molecule has 0 radical (unpaired) electrons. The van der Waals surface area contributed by atoms with Gasteiger partial charge in [-0.25, -0.2) is 9.97 Å². The van der Waals surface area contributed by atoms with E-state index in [1.54, 1.807) is 6.07 Å². The summed E-state index contributed by atoms with van der Waals surface area (Å²) in [5.41, 5.74) is 0. The number of phenolic OH excluding ortho intramolecular Hbond substituents is 1. The van der Waals surface area contributed by atoms with Gasteiger partial charge in [0.2, 0.25) is 0 Å². The minimum absolute atomic E-state index is 0.0705. The molecule has 17 heteroatoms. The van der Waals surface area contributed by atoms with Gasteiger partial charge in [0.15, 0.2) is 10.9 Å². The second-order valence-electron chi connectivity index (χ2n) is 6.97. The molecule has 2 aromatic carbocycles. The number of phenols is 1.